The van der Waals surface area contributed by atoms with Crippen molar-refractivity contribution in [1.82, 2.24) is 0 Å². The first-order chi connectivity index (χ1) is 10.6. The molecule has 0 saturated heterocycles. The first-order valence-electron chi connectivity index (χ1n) is 8.08. The average molecular weight is 316 g/mol. The second-order valence-corrected chi connectivity index (χ2v) is 7.45. The number of nitrogens with zero attached hydrogens (tertiary/aromatic N) is 1. The van der Waals surface area contributed by atoms with Gasteiger partial charge in [0, 0.05) is 17.4 Å². The van der Waals surface area contributed by atoms with Crippen LogP contribution in [-0.4, -0.2) is 36.6 Å². The summed E-state index contributed by atoms with van der Waals surface area (Å²) in [5.41, 5.74) is 3.13. The van der Waals surface area contributed by atoms with Crippen LogP contribution in [0.1, 0.15) is 31.7 Å². The molecule has 22 heavy (non-hydrogen) atoms. The average Bonchev–Trinajstić information content (AvgIpc) is 2.55. The van der Waals surface area contributed by atoms with Crippen LogP contribution in [0.2, 0.25) is 0 Å². The Morgan fingerprint density at radius 1 is 1.36 bits per heavy atom. The van der Waals surface area contributed by atoms with E-state index in [9.17, 15) is 0 Å². The Balaban J connectivity index is 2.16. The minimum absolute atomic E-state index is 0.164. The Morgan fingerprint density at radius 2 is 2.18 bits per heavy atom. The standard InChI is InChI=1S/C19H26NOS/c1-14-8-9-17-18(22-4)20(2)11-10-19(17,13-14)15-6-5-7-16(12-15)21-3/h5-7,9,12,14H,8,10-11,13H2,1-4H3/q+1/t14-,19+/m0/s1. The van der Waals surface area contributed by atoms with Crippen LogP contribution >= 0.6 is 11.8 Å². The molecular weight excluding hydrogens is 290 g/mol. The van der Waals surface area contributed by atoms with E-state index in [0.717, 1.165) is 18.2 Å². The number of benzene rings is 1. The summed E-state index contributed by atoms with van der Waals surface area (Å²) in [5.74, 6) is 1.70. The number of thioether (sulfide) groups is 1. The minimum Gasteiger partial charge on any atom is -0.497 e. The summed E-state index contributed by atoms with van der Waals surface area (Å²) >= 11 is 1.89. The maximum absolute atomic E-state index is 5.48. The van der Waals surface area contributed by atoms with E-state index in [1.165, 1.54) is 29.9 Å². The summed E-state index contributed by atoms with van der Waals surface area (Å²) in [7, 11) is 3.98. The van der Waals surface area contributed by atoms with E-state index < -0.39 is 0 Å². The van der Waals surface area contributed by atoms with E-state index in [1.807, 2.05) is 17.8 Å². The number of hydrogen-bond acceptors (Lipinski definition) is 2. The first-order valence-corrected chi connectivity index (χ1v) is 9.31. The molecule has 0 N–H and O–H groups in total. The largest absolute Gasteiger partial charge is 0.497 e. The van der Waals surface area contributed by atoms with Gasteiger partial charge in [-0.05, 0) is 42.7 Å². The lowest BCUT2D eigenvalue weighted by Gasteiger charge is -2.42. The molecule has 2 aliphatic rings. The lowest BCUT2D eigenvalue weighted by molar-refractivity contribution is -0.499. The fourth-order valence-electron chi connectivity index (χ4n) is 4.10. The molecule has 0 fully saturated rings. The van der Waals surface area contributed by atoms with Crippen molar-refractivity contribution in [2.45, 2.75) is 31.6 Å². The van der Waals surface area contributed by atoms with E-state index in [4.69, 9.17) is 4.74 Å². The molecule has 2 nitrogen and oxygen atoms in total. The second-order valence-electron chi connectivity index (χ2n) is 6.66. The normalized spacial score (nSPS) is 28.2. The Morgan fingerprint density at radius 3 is 2.91 bits per heavy atom. The third-order valence-electron chi connectivity index (χ3n) is 5.20. The number of fused-ring (bicyclic) bond motifs is 1. The number of rotatable bonds is 2. The predicted molar refractivity (Wildman–Crippen MR) is 95.3 cm³/mol. The van der Waals surface area contributed by atoms with Crippen molar-refractivity contribution in [3.63, 3.8) is 0 Å². The van der Waals surface area contributed by atoms with Crippen LogP contribution in [0, 0.1) is 5.92 Å². The highest BCUT2D eigenvalue weighted by Gasteiger charge is 2.47. The summed E-state index contributed by atoms with van der Waals surface area (Å²) in [5, 5.41) is 1.45. The molecule has 1 aromatic rings. The zero-order valence-electron chi connectivity index (χ0n) is 14.1. The molecule has 3 heteroatoms. The van der Waals surface area contributed by atoms with Gasteiger partial charge < -0.3 is 4.74 Å². The maximum atomic E-state index is 5.48. The summed E-state index contributed by atoms with van der Waals surface area (Å²) < 4.78 is 7.90. The highest BCUT2D eigenvalue weighted by atomic mass is 32.2. The monoisotopic (exact) mass is 316 g/mol. The summed E-state index contributed by atoms with van der Waals surface area (Å²) in [6, 6.07) is 8.72. The third kappa shape index (κ3) is 2.50. The van der Waals surface area contributed by atoms with Crippen molar-refractivity contribution in [3.8, 4) is 5.75 Å². The lowest BCUT2D eigenvalue weighted by Crippen LogP contribution is -2.44. The molecule has 0 amide bonds. The van der Waals surface area contributed by atoms with Gasteiger partial charge >= 0.3 is 0 Å². The highest BCUT2D eigenvalue weighted by Crippen LogP contribution is 2.49. The molecule has 0 radical (unpaired) electrons. The van der Waals surface area contributed by atoms with Gasteiger partial charge in [0.25, 0.3) is 0 Å². The minimum atomic E-state index is 0.164. The van der Waals surface area contributed by atoms with Crippen molar-refractivity contribution in [3.05, 3.63) is 41.5 Å². The van der Waals surface area contributed by atoms with E-state index in [-0.39, 0.29) is 5.41 Å². The van der Waals surface area contributed by atoms with Gasteiger partial charge in [0.15, 0.2) is 0 Å². The van der Waals surface area contributed by atoms with Gasteiger partial charge in [0.05, 0.1) is 7.11 Å². The van der Waals surface area contributed by atoms with Crippen molar-refractivity contribution in [2.24, 2.45) is 5.92 Å². The van der Waals surface area contributed by atoms with Gasteiger partial charge in [-0.1, -0.05) is 36.9 Å². The third-order valence-corrected chi connectivity index (χ3v) is 6.12. The molecule has 1 aromatic carbocycles. The Bertz CT molecular complexity index is 634. The number of allylic oxidation sites excluding steroid dienone is 1. The van der Waals surface area contributed by atoms with Gasteiger partial charge in [-0.2, -0.15) is 0 Å². The van der Waals surface area contributed by atoms with Gasteiger partial charge in [-0.15, -0.1) is 0 Å². The van der Waals surface area contributed by atoms with E-state index in [1.54, 1.807) is 12.7 Å². The molecule has 0 spiro atoms. The van der Waals surface area contributed by atoms with Crippen LogP contribution in [-0.2, 0) is 5.41 Å². The molecule has 0 saturated carbocycles. The second kappa shape index (κ2) is 6.11. The highest BCUT2D eigenvalue weighted by molar-refractivity contribution is 8.13. The molecule has 0 bridgehead atoms. The quantitative estimate of drug-likeness (QED) is 0.762. The Hall–Kier alpha value is -1.22. The summed E-state index contributed by atoms with van der Waals surface area (Å²) in [4.78, 5) is 0. The van der Waals surface area contributed by atoms with Crippen LogP contribution < -0.4 is 4.74 Å². The Labute approximate surface area is 138 Å². The van der Waals surface area contributed by atoms with Crippen molar-refractivity contribution >= 4 is 16.8 Å². The summed E-state index contributed by atoms with van der Waals surface area (Å²) in [6.45, 7) is 3.50. The van der Waals surface area contributed by atoms with E-state index in [0.29, 0.717) is 0 Å². The number of hydrogen-bond donors (Lipinski definition) is 0. The molecule has 2 atom stereocenters. The van der Waals surface area contributed by atoms with Gasteiger partial charge in [0.2, 0.25) is 5.04 Å². The molecule has 0 aromatic heterocycles. The smallest absolute Gasteiger partial charge is 0.238 e. The molecule has 118 valence electrons. The molecule has 1 aliphatic heterocycles. The predicted octanol–water partition coefficient (Wildman–Crippen LogP) is 4.10. The van der Waals surface area contributed by atoms with Gasteiger partial charge in [-0.3, -0.25) is 0 Å². The van der Waals surface area contributed by atoms with Crippen molar-refractivity contribution in [1.29, 1.82) is 0 Å². The van der Waals surface area contributed by atoms with Crippen molar-refractivity contribution < 1.29 is 9.31 Å². The van der Waals surface area contributed by atoms with Crippen LogP contribution in [0.4, 0.5) is 0 Å². The Kier molecular flexibility index (Phi) is 4.35. The first kappa shape index (κ1) is 15.7. The number of methoxy groups -OCH3 is 1. The number of ether oxygens (including phenoxy) is 1. The van der Waals surface area contributed by atoms with Crippen molar-refractivity contribution in [2.75, 3.05) is 27.0 Å². The van der Waals surface area contributed by atoms with Crippen LogP contribution in [0.15, 0.2) is 35.9 Å². The molecule has 0 unspecified atom stereocenters. The van der Waals surface area contributed by atoms with Crippen LogP contribution in [0.3, 0.4) is 0 Å². The topological polar surface area (TPSA) is 12.2 Å². The van der Waals surface area contributed by atoms with Gasteiger partial charge in [-0.25, -0.2) is 4.58 Å². The lowest BCUT2D eigenvalue weighted by atomic mass is 9.62. The SMILES string of the molecule is COc1cccc([C@]23CC[N+](C)=C(SC)C2=CC[C@H](C)C3)c1. The van der Waals surface area contributed by atoms with E-state index >= 15 is 0 Å². The zero-order chi connectivity index (χ0) is 15.7. The summed E-state index contributed by atoms with van der Waals surface area (Å²) in [6.07, 6.45) is 8.32. The van der Waals surface area contributed by atoms with E-state index in [2.05, 4.69) is 49.1 Å². The fourth-order valence-corrected chi connectivity index (χ4v) is 5.00. The molecule has 1 heterocycles. The molecule has 1 aliphatic carbocycles. The van der Waals surface area contributed by atoms with Gasteiger partial charge in [0.1, 0.15) is 19.3 Å². The molecule has 3 rings (SSSR count). The zero-order valence-corrected chi connectivity index (χ0v) is 14.9. The van der Waals surface area contributed by atoms with Crippen LogP contribution in [0.25, 0.3) is 0 Å². The van der Waals surface area contributed by atoms with Crippen LogP contribution in [0.5, 0.6) is 5.75 Å². The fraction of sp³-hybridized carbons (Fsp3) is 0.526. The maximum Gasteiger partial charge on any atom is 0.238 e. The molecular formula is C19H26NOS+.